The highest BCUT2D eigenvalue weighted by Gasteiger charge is 2.42. The van der Waals surface area contributed by atoms with Crippen LogP contribution in [0.5, 0.6) is 11.5 Å². The van der Waals surface area contributed by atoms with Gasteiger partial charge in [-0.25, -0.2) is 15.0 Å². The second-order valence-electron chi connectivity index (χ2n) is 11.7. The van der Waals surface area contributed by atoms with Crippen LogP contribution in [0.15, 0.2) is 120 Å². The molecule has 254 valence electrons. The van der Waals surface area contributed by atoms with E-state index in [-0.39, 0.29) is 24.8 Å². The van der Waals surface area contributed by atoms with Crippen LogP contribution >= 0.6 is 15.9 Å². The highest BCUT2D eigenvalue weighted by molar-refractivity contribution is 9.10. The van der Waals surface area contributed by atoms with Gasteiger partial charge in [0.2, 0.25) is 0 Å². The van der Waals surface area contributed by atoms with Crippen molar-refractivity contribution in [2.75, 3.05) is 26.1 Å². The number of rotatable bonds is 11. The summed E-state index contributed by atoms with van der Waals surface area (Å²) in [4.78, 5) is 26.3. The lowest BCUT2D eigenvalue weighted by Crippen LogP contribution is -2.38. The minimum atomic E-state index is -1.08. The van der Waals surface area contributed by atoms with Crippen LogP contribution in [0.3, 0.4) is 0 Å². The van der Waals surface area contributed by atoms with E-state index in [1.165, 1.54) is 6.33 Å². The van der Waals surface area contributed by atoms with E-state index in [9.17, 15) is 9.90 Å². The van der Waals surface area contributed by atoms with Crippen molar-refractivity contribution in [1.82, 2.24) is 19.5 Å². The van der Waals surface area contributed by atoms with Crippen molar-refractivity contribution < 1.29 is 28.8 Å². The fourth-order valence-electron chi connectivity index (χ4n) is 6.30. The molecule has 1 fully saturated rings. The van der Waals surface area contributed by atoms with E-state index in [1.54, 1.807) is 43.1 Å². The van der Waals surface area contributed by atoms with Crippen molar-refractivity contribution in [2.24, 2.45) is 0 Å². The third-order valence-corrected chi connectivity index (χ3v) is 9.39. The molecule has 50 heavy (non-hydrogen) atoms. The third kappa shape index (κ3) is 6.34. The third-order valence-electron chi connectivity index (χ3n) is 8.83. The maximum absolute atomic E-state index is 12.9. The number of benzene rings is 4. The van der Waals surface area contributed by atoms with Gasteiger partial charge in [-0.05, 0) is 69.0 Å². The molecule has 1 amide bonds. The molecule has 12 heteroatoms. The van der Waals surface area contributed by atoms with E-state index >= 15 is 0 Å². The van der Waals surface area contributed by atoms with Crippen molar-refractivity contribution in [1.29, 1.82) is 0 Å². The molecule has 0 unspecified atom stereocenters. The first-order valence-electron chi connectivity index (χ1n) is 16.0. The molecular weight excluding hydrogens is 702 g/mol. The minimum absolute atomic E-state index is 0.0439. The van der Waals surface area contributed by atoms with Gasteiger partial charge < -0.3 is 29.4 Å². The minimum Gasteiger partial charge on any atom is -0.497 e. The Kier molecular flexibility index (Phi) is 9.59. The molecule has 11 nitrogen and oxygen atoms in total. The molecule has 3 atom stereocenters. The normalized spacial score (nSPS) is 17.5. The monoisotopic (exact) mass is 735 g/mol. The molecule has 6 aromatic rings. The number of amides is 1. The van der Waals surface area contributed by atoms with Crippen molar-refractivity contribution in [2.45, 2.75) is 30.5 Å². The van der Waals surface area contributed by atoms with E-state index in [4.69, 9.17) is 18.9 Å². The molecular formula is C38H34BrN5O6. The van der Waals surface area contributed by atoms with E-state index in [2.05, 4.69) is 36.2 Å². The summed E-state index contributed by atoms with van der Waals surface area (Å²) in [6.45, 7) is 0.0439. The fourth-order valence-corrected chi connectivity index (χ4v) is 6.88. The van der Waals surface area contributed by atoms with Gasteiger partial charge in [-0.1, -0.05) is 72.8 Å². The van der Waals surface area contributed by atoms with Crippen LogP contribution in [0.25, 0.3) is 11.2 Å². The maximum atomic E-state index is 12.9. The molecule has 4 aromatic carbocycles. The Labute approximate surface area is 297 Å². The first kappa shape index (κ1) is 33.4. The molecule has 0 spiro atoms. The summed E-state index contributed by atoms with van der Waals surface area (Å²) < 4.78 is 26.6. The summed E-state index contributed by atoms with van der Waals surface area (Å²) in [5, 5.41) is 14.2. The molecule has 0 saturated carbocycles. The van der Waals surface area contributed by atoms with Gasteiger partial charge in [0.25, 0.3) is 5.91 Å². The number of nitrogens with one attached hydrogen (secondary N) is 1. The van der Waals surface area contributed by atoms with Crippen molar-refractivity contribution >= 4 is 38.8 Å². The van der Waals surface area contributed by atoms with E-state index in [1.807, 2.05) is 84.9 Å². The molecule has 1 saturated heterocycles. The first-order chi connectivity index (χ1) is 24.4. The number of ether oxygens (including phenoxy) is 4. The molecule has 1 aliphatic heterocycles. The average Bonchev–Trinajstić information content (AvgIpc) is 3.71. The molecule has 2 N–H and O–H groups in total. The number of nitrogens with zero attached hydrogens (tertiary/aromatic N) is 4. The number of halogens is 1. The lowest BCUT2D eigenvalue weighted by atomic mass is 9.80. The standard InChI is InChI=1S/C38H34BrN5O6/c1-47-28-17-13-26(14-18-28)38(25-11-7-4-8-12-25,27-15-19-29(48-2)20-16-27)49-22-31-30(45)21-32(50-31)44-35-33(42-37(44)39)34(40-23-41-35)43-36(46)24-9-5-3-6-10-24/h3-20,23,30-32,45H,21-22H2,1-2H3,(H,40,41,43,46)/t30-,31+,32+/m0/s1. The van der Waals surface area contributed by atoms with Crippen LogP contribution < -0.4 is 14.8 Å². The lowest BCUT2D eigenvalue weighted by Gasteiger charge is -2.37. The topological polar surface area (TPSA) is 130 Å². The van der Waals surface area contributed by atoms with Crippen molar-refractivity contribution in [3.05, 3.63) is 143 Å². The number of anilines is 1. The summed E-state index contributed by atoms with van der Waals surface area (Å²) in [5.74, 6) is 1.37. The molecule has 0 aliphatic carbocycles. The Morgan fingerprint density at radius 2 is 1.46 bits per heavy atom. The quantitative estimate of drug-likeness (QED) is 0.113. The van der Waals surface area contributed by atoms with Crippen LogP contribution in [0.4, 0.5) is 5.82 Å². The zero-order chi connectivity index (χ0) is 34.7. The number of aliphatic hydroxyl groups excluding tert-OH is 1. The lowest BCUT2D eigenvalue weighted by molar-refractivity contribution is -0.0934. The summed E-state index contributed by atoms with van der Waals surface area (Å²) in [5.41, 5.74) is 2.84. The average molecular weight is 737 g/mol. The van der Waals surface area contributed by atoms with Gasteiger partial charge in [-0.3, -0.25) is 9.36 Å². The van der Waals surface area contributed by atoms with Gasteiger partial charge in [0.1, 0.15) is 35.8 Å². The Hall–Kier alpha value is -5.14. The number of hydrogen-bond acceptors (Lipinski definition) is 9. The van der Waals surface area contributed by atoms with Crippen LogP contribution in [-0.4, -0.2) is 63.6 Å². The van der Waals surface area contributed by atoms with Crippen LogP contribution in [-0.2, 0) is 15.1 Å². The molecule has 0 radical (unpaired) electrons. The number of aliphatic hydroxyl groups is 1. The highest BCUT2D eigenvalue weighted by Crippen LogP contribution is 2.43. The Balaban J connectivity index is 1.20. The molecule has 3 heterocycles. The van der Waals surface area contributed by atoms with Gasteiger partial charge in [0, 0.05) is 12.0 Å². The zero-order valence-electron chi connectivity index (χ0n) is 27.3. The Morgan fingerprint density at radius 3 is 2.06 bits per heavy atom. The van der Waals surface area contributed by atoms with Crippen molar-refractivity contribution in [3.63, 3.8) is 0 Å². The SMILES string of the molecule is COc1ccc(C(OC[C@H]2O[C@@H](n3c(Br)nc4c(NC(=O)c5ccccc5)ncnc43)C[C@@H]2O)(c2ccccc2)c2ccc(OC)cc2)cc1. The Bertz CT molecular complexity index is 2030. The number of fused-ring (bicyclic) bond motifs is 1. The second kappa shape index (κ2) is 14.4. The number of methoxy groups -OCH3 is 2. The van der Waals surface area contributed by atoms with Crippen LogP contribution in [0, 0.1) is 0 Å². The predicted octanol–water partition coefficient (Wildman–Crippen LogP) is 6.52. The molecule has 0 bridgehead atoms. The first-order valence-corrected chi connectivity index (χ1v) is 16.8. The Morgan fingerprint density at radius 1 is 0.880 bits per heavy atom. The van der Waals surface area contributed by atoms with Crippen molar-refractivity contribution in [3.8, 4) is 11.5 Å². The van der Waals surface area contributed by atoms with Crippen LogP contribution in [0.1, 0.15) is 39.7 Å². The number of aromatic nitrogens is 4. The largest absolute Gasteiger partial charge is 0.497 e. The summed E-state index contributed by atoms with van der Waals surface area (Å²) in [6.07, 6.45) is -0.611. The zero-order valence-corrected chi connectivity index (χ0v) is 28.9. The van der Waals surface area contributed by atoms with Gasteiger partial charge in [-0.2, -0.15) is 0 Å². The smallest absolute Gasteiger partial charge is 0.256 e. The van der Waals surface area contributed by atoms with E-state index < -0.39 is 24.0 Å². The number of carbonyl (C=O) groups excluding carboxylic acids is 1. The highest BCUT2D eigenvalue weighted by atomic mass is 79.9. The van der Waals surface area contributed by atoms with Gasteiger partial charge >= 0.3 is 0 Å². The molecule has 1 aliphatic rings. The van der Waals surface area contributed by atoms with E-state index in [0.29, 0.717) is 33.0 Å². The number of hydrogen-bond donors (Lipinski definition) is 2. The number of carbonyl (C=O) groups is 1. The summed E-state index contributed by atoms with van der Waals surface area (Å²) in [7, 11) is 3.26. The summed E-state index contributed by atoms with van der Waals surface area (Å²) in [6, 6.07) is 34.3. The second-order valence-corrected chi connectivity index (χ2v) is 12.4. The van der Waals surface area contributed by atoms with Crippen LogP contribution in [0.2, 0.25) is 0 Å². The van der Waals surface area contributed by atoms with Gasteiger partial charge in [0.05, 0.1) is 26.9 Å². The van der Waals surface area contributed by atoms with E-state index in [0.717, 1.165) is 16.7 Å². The maximum Gasteiger partial charge on any atom is 0.256 e. The van der Waals surface area contributed by atoms with Gasteiger partial charge in [-0.15, -0.1) is 0 Å². The molecule has 2 aromatic heterocycles. The number of imidazole rings is 1. The fraction of sp³-hybridized carbons (Fsp3) is 0.211. The summed E-state index contributed by atoms with van der Waals surface area (Å²) >= 11 is 3.55. The molecule has 7 rings (SSSR count). The van der Waals surface area contributed by atoms with Gasteiger partial charge in [0.15, 0.2) is 21.7 Å². The predicted molar refractivity (Wildman–Crippen MR) is 190 cm³/mol.